The summed E-state index contributed by atoms with van der Waals surface area (Å²) in [5.74, 6) is -2.44. The van der Waals surface area contributed by atoms with Gasteiger partial charge in [-0.05, 0) is 42.2 Å². The number of fused-ring (bicyclic) bond motifs is 2. The number of nitrogens with one attached hydrogen (secondary N) is 2. The van der Waals surface area contributed by atoms with Crippen LogP contribution in [0, 0.1) is 18.7 Å². The standard InChI is InChI=1S/C21H16F2N4O3S/c1-8-15(11-7-24-27-18(11)16(17(8)23)20(29)30-2)9-3-4-13-14(5-9)31-21(25-13)26-19(28)10-6-12(10)22/h3-5,7,10,12H,6H2,1-2H3,(H,24,27)(H,25,26,28)/t10-,12+/m1/s1. The van der Waals surface area contributed by atoms with E-state index >= 15 is 4.39 Å². The van der Waals surface area contributed by atoms with Crippen molar-refractivity contribution in [2.75, 3.05) is 12.4 Å². The molecule has 2 atom stereocenters. The van der Waals surface area contributed by atoms with Gasteiger partial charge in [-0.2, -0.15) is 5.10 Å². The number of ether oxygens (including phenoxy) is 1. The number of H-pyrrole nitrogens is 1. The topological polar surface area (TPSA) is 97.0 Å². The number of carbonyl (C=O) groups excluding carboxylic acids is 2. The Labute approximate surface area is 178 Å². The molecule has 31 heavy (non-hydrogen) atoms. The molecule has 1 fully saturated rings. The highest BCUT2D eigenvalue weighted by molar-refractivity contribution is 7.22. The maximum Gasteiger partial charge on any atom is 0.343 e. The first-order valence-corrected chi connectivity index (χ1v) is 10.3. The van der Waals surface area contributed by atoms with Crippen LogP contribution in [0.25, 0.3) is 32.2 Å². The summed E-state index contributed by atoms with van der Waals surface area (Å²) < 4.78 is 33.7. The lowest BCUT2D eigenvalue weighted by Gasteiger charge is -2.12. The normalized spacial score (nSPS) is 17.8. The lowest BCUT2D eigenvalue weighted by atomic mass is 9.93. The molecule has 7 nitrogen and oxygen atoms in total. The predicted molar refractivity (Wildman–Crippen MR) is 112 cm³/mol. The van der Waals surface area contributed by atoms with E-state index in [4.69, 9.17) is 4.74 Å². The minimum atomic E-state index is -1.08. The number of carbonyl (C=O) groups is 2. The Balaban J connectivity index is 1.59. The molecule has 4 aromatic rings. The van der Waals surface area contributed by atoms with Crippen molar-refractivity contribution in [1.29, 1.82) is 0 Å². The van der Waals surface area contributed by atoms with Gasteiger partial charge in [0.1, 0.15) is 17.6 Å². The molecule has 1 amide bonds. The van der Waals surface area contributed by atoms with Crippen LogP contribution >= 0.6 is 11.3 Å². The van der Waals surface area contributed by atoms with Crippen molar-refractivity contribution >= 4 is 49.5 Å². The van der Waals surface area contributed by atoms with Gasteiger partial charge >= 0.3 is 5.97 Å². The number of anilines is 1. The Kier molecular flexibility index (Phi) is 4.47. The van der Waals surface area contributed by atoms with E-state index in [2.05, 4.69) is 20.5 Å². The SMILES string of the molecule is COC(=O)c1c(F)c(C)c(-c2ccc3nc(NC(=O)[C@@H]4C[C@@H]4F)sc3c2)c2cn[nH]c12. The largest absolute Gasteiger partial charge is 0.465 e. The van der Waals surface area contributed by atoms with Gasteiger partial charge in [0, 0.05) is 5.39 Å². The van der Waals surface area contributed by atoms with Gasteiger partial charge < -0.3 is 10.1 Å². The number of alkyl halides is 1. The van der Waals surface area contributed by atoms with Gasteiger partial charge in [-0.3, -0.25) is 9.89 Å². The molecule has 0 aliphatic heterocycles. The number of rotatable bonds is 4. The highest BCUT2D eigenvalue weighted by Crippen LogP contribution is 2.39. The van der Waals surface area contributed by atoms with Crippen LogP contribution in [-0.4, -0.2) is 40.3 Å². The van der Waals surface area contributed by atoms with Crippen molar-refractivity contribution in [1.82, 2.24) is 15.2 Å². The Bertz CT molecular complexity index is 1380. The molecular formula is C21H16F2N4O3S. The Hall–Kier alpha value is -3.40. The van der Waals surface area contributed by atoms with Crippen molar-refractivity contribution in [3.05, 3.63) is 41.3 Å². The molecule has 2 heterocycles. The molecule has 0 radical (unpaired) electrons. The van der Waals surface area contributed by atoms with E-state index in [1.165, 1.54) is 24.6 Å². The molecule has 0 unspecified atom stereocenters. The van der Waals surface area contributed by atoms with Crippen LogP contribution in [0.5, 0.6) is 0 Å². The molecular weight excluding hydrogens is 426 g/mol. The molecule has 1 aliphatic rings. The van der Waals surface area contributed by atoms with E-state index < -0.39 is 23.9 Å². The summed E-state index contributed by atoms with van der Waals surface area (Å²) in [5.41, 5.74) is 2.31. The molecule has 2 aromatic heterocycles. The zero-order valence-corrected chi connectivity index (χ0v) is 17.3. The average Bonchev–Trinajstić information content (AvgIpc) is 3.12. The first-order valence-electron chi connectivity index (χ1n) is 9.48. The number of thiazole rings is 1. The Morgan fingerprint density at radius 3 is 2.84 bits per heavy atom. The molecule has 0 spiro atoms. The molecule has 2 N–H and O–H groups in total. The quantitative estimate of drug-likeness (QED) is 0.458. The lowest BCUT2D eigenvalue weighted by Crippen LogP contribution is -2.14. The molecule has 1 saturated carbocycles. The fourth-order valence-corrected chi connectivity index (χ4v) is 4.62. The lowest BCUT2D eigenvalue weighted by molar-refractivity contribution is -0.117. The van der Waals surface area contributed by atoms with Gasteiger partial charge in [0.05, 0.1) is 35.0 Å². The predicted octanol–water partition coefficient (Wildman–Crippen LogP) is 4.37. The smallest absolute Gasteiger partial charge is 0.343 e. The number of benzene rings is 2. The summed E-state index contributed by atoms with van der Waals surface area (Å²) in [4.78, 5) is 28.5. The van der Waals surface area contributed by atoms with Crippen LogP contribution < -0.4 is 5.32 Å². The van der Waals surface area contributed by atoms with E-state index in [0.29, 0.717) is 27.2 Å². The zero-order valence-electron chi connectivity index (χ0n) is 16.5. The molecule has 5 rings (SSSR count). The number of hydrogen-bond donors (Lipinski definition) is 2. The summed E-state index contributed by atoms with van der Waals surface area (Å²) >= 11 is 1.25. The van der Waals surface area contributed by atoms with Gasteiger partial charge in [-0.25, -0.2) is 18.6 Å². The third-order valence-electron chi connectivity index (χ3n) is 5.43. The third-order valence-corrected chi connectivity index (χ3v) is 6.36. The van der Waals surface area contributed by atoms with E-state index in [-0.39, 0.29) is 29.0 Å². The number of methoxy groups -OCH3 is 1. The Morgan fingerprint density at radius 2 is 2.13 bits per heavy atom. The summed E-state index contributed by atoms with van der Waals surface area (Å²) in [5, 5.41) is 10.3. The minimum Gasteiger partial charge on any atom is -0.465 e. The molecule has 158 valence electrons. The number of aromatic amines is 1. The summed E-state index contributed by atoms with van der Waals surface area (Å²) in [6, 6.07) is 5.39. The van der Waals surface area contributed by atoms with Gasteiger partial charge in [0.25, 0.3) is 0 Å². The van der Waals surface area contributed by atoms with E-state index in [1.54, 1.807) is 19.1 Å². The van der Waals surface area contributed by atoms with Gasteiger partial charge in [-0.1, -0.05) is 17.4 Å². The second-order valence-electron chi connectivity index (χ2n) is 7.39. The fourth-order valence-electron chi connectivity index (χ4n) is 3.71. The van der Waals surface area contributed by atoms with Crippen LogP contribution in [0.4, 0.5) is 13.9 Å². The van der Waals surface area contributed by atoms with Crippen molar-refractivity contribution < 1.29 is 23.1 Å². The summed E-state index contributed by atoms with van der Waals surface area (Å²) in [6.45, 7) is 1.59. The number of esters is 1. The second kappa shape index (κ2) is 7.09. The number of halogens is 2. The molecule has 0 bridgehead atoms. The highest BCUT2D eigenvalue weighted by atomic mass is 32.1. The Morgan fingerprint density at radius 1 is 1.35 bits per heavy atom. The van der Waals surface area contributed by atoms with Crippen LogP contribution in [0.15, 0.2) is 24.4 Å². The molecule has 1 aliphatic carbocycles. The maximum absolute atomic E-state index is 15.1. The zero-order chi connectivity index (χ0) is 21.9. The van der Waals surface area contributed by atoms with Crippen molar-refractivity contribution in [2.45, 2.75) is 19.5 Å². The number of aromatic nitrogens is 3. The van der Waals surface area contributed by atoms with E-state index in [1.807, 2.05) is 6.07 Å². The monoisotopic (exact) mass is 442 g/mol. The first kappa shape index (κ1) is 19.6. The number of amides is 1. The molecule has 0 saturated heterocycles. The van der Waals surface area contributed by atoms with Crippen LogP contribution in [-0.2, 0) is 9.53 Å². The summed E-state index contributed by atoms with van der Waals surface area (Å²) in [7, 11) is 1.19. The van der Waals surface area contributed by atoms with Crippen molar-refractivity contribution in [3.63, 3.8) is 0 Å². The van der Waals surface area contributed by atoms with Crippen LogP contribution in [0.3, 0.4) is 0 Å². The third kappa shape index (κ3) is 3.14. The average molecular weight is 442 g/mol. The minimum absolute atomic E-state index is 0.189. The van der Waals surface area contributed by atoms with E-state index in [9.17, 15) is 14.0 Å². The van der Waals surface area contributed by atoms with Gasteiger partial charge in [-0.15, -0.1) is 0 Å². The number of hydrogen-bond acceptors (Lipinski definition) is 6. The first-order chi connectivity index (χ1) is 14.9. The maximum atomic E-state index is 15.1. The van der Waals surface area contributed by atoms with Crippen LogP contribution in [0.2, 0.25) is 0 Å². The molecule has 2 aromatic carbocycles. The fraction of sp³-hybridized carbons (Fsp3) is 0.238. The second-order valence-corrected chi connectivity index (χ2v) is 8.42. The highest BCUT2D eigenvalue weighted by Gasteiger charge is 2.43. The number of nitrogens with zero attached hydrogens (tertiary/aromatic N) is 2. The summed E-state index contributed by atoms with van der Waals surface area (Å²) in [6.07, 6.45) is 0.701. The van der Waals surface area contributed by atoms with Gasteiger partial charge in [0.2, 0.25) is 5.91 Å². The van der Waals surface area contributed by atoms with E-state index in [0.717, 1.165) is 4.70 Å². The van der Waals surface area contributed by atoms with Crippen LogP contribution in [0.1, 0.15) is 22.3 Å². The molecule has 10 heteroatoms. The van der Waals surface area contributed by atoms with Crippen molar-refractivity contribution in [3.8, 4) is 11.1 Å². The van der Waals surface area contributed by atoms with Crippen molar-refractivity contribution in [2.24, 2.45) is 5.92 Å². The van der Waals surface area contributed by atoms with Gasteiger partial charge in [0.15, 0.2) is 5.13 Å².